The lowest BCUT2D eigenvalue weighted by molar-refractivity contribution is -0.944. The highest BCUT2D eigenvalue weighted by Crippen LogP contribution is 2.39. The van der Waals surface area contributed by atoms with Gasteiger partial charge >= 0.3 is 0 Å². The van der Waals surface area contributed by atoms with Crippen molar-refractivity contribution in [1.82, 2.24) is 5.32 Å². The molecular formula is C30H39N2O2+. The first-order valence-electron chi connectivity index (χ1n) is 13.7. The van der Waals surface area contributed by atoms with Crippen molar-refractivity contribution in [3.8, 4) is 11.5 Å². The topological polar surface area (TPSA) is 38.3 Å². The fourth-order valence-corrected chi connectivity index (χ4v) is 7.29. The molecule has 2 aromatic carbocycles. The van der Waals surface area contributed by atoms with Gasteiger partial charge in [0.1, 0.15) is 11.5 Å². The van der Waals surface area contributed by atoms with E-state index in [0.717, 1.165) is 35.9 Å². The molecule has 4 heteroatoms. The van der Waals surface area contributed by atoms with Crippen molar-refractivity contribution in [1.29, 1.82) is 0 Å². The predicted molar refractivity (Wildman–Crippen MR) is 135 cm³/mol. The van der Waals surface area contributed by atoms with Gasteiger partial charge in [0.05, 0.1) is 37.8 Å². The summed E-state index contributed by atoms with van der Waals surface area (Å²) in [5, 5.41) is 3.47. The Hall–Kier alpha value is -2.33. The van der Waals surface area contributed by atoms with Gasteiger partial charge in [-0.3, -0.25) is 4.79 Å². The zero-order valence-corrected chi connectivity index (χ0v) is 20.4. The van der Waals surface area contributed by atoms with E-state index in [1.54, 1.807) is 0 Å². The van der Waals surface area contributed by atoms with Gasteiger partial charge in [0.2, 0.25) is 0 Å². The van der Waals surface area contributed by atoms with Crippen molar-refractivity contribution < 1.29 is 14.0 Å². The maximum atomic E-state index is 13.5. The van der Waals surface area contributed by atoms with Crippen LogP contribution in [0.2, 0.25) is 0 Å². The van der Waals surface area contributed by atoms with E-state index in [-0.39, 0.29) is 11.9 Å². The van der Waals surface area contributed by atoms with Gasteiger partial charge in [0.25, 0.3) is 5.91 Å². The van der Waals surface area contributed by atoms with Crippen molar-refractivity contribution in [2.45, 2.75) is 70.3 Å². The van der Waals surface area contributed by atoms with Crippen molar-refractivity contribution >= 4 is 5.91 Å². The summed E-state index contributed by atoms with van der Waals surface area (Å²) in [5.41, 5.74) is 2.98. The summed E-state index contributed by atoms with van der Waals surface area (Å²) in [7, 11) is 0. The molecule has 1 saturated carbocycles. The van der Waals surface area contributed by atoms with Crippen LogP contribution in [0.25, 0.3) is 0 Å². The maximum absolute atomic E-state index is 13.5. The normalized spacial score (nSPS) is 28.0. The number of benzene rings is 2. The Morgan fingerprint density at radius 2 is 1.74 bits per heavy atom. The molecule has 2 aromatic rings. The number of ether oxygens (including phenoxy) is 1. The highest BCUT2D eigenvalue weighted by molar-refractivity contribution is 5.98. The molecule has 1 aliphatic carbocycles. The Bertz CT molecular complexity index is 1030. The lowest BCUT2D eigenvalue weighted by Crippen LogP contribution is -2.67. The summed E-state index contributed by atoms with van der Waals surface area (Å²) in [5.74, 6) is 3.26. The Morgan fingerprint density at radius 1 is 0.941 bits per heavy atom. The summed E-state index contributed by atoms with van der Waals surface area (Å²) in [6, 6.07) is 14.5. The van der Waals surface area contributed by atoms with Gasteiger partial charge in [-0.05, 0) is 42.4 Å². The zero-order chi connectivity index (χ0) is 23.0. The predicted octanol–water partition coefficient (Wildman–Crippen LogP) is 6.08. The molecule has 4 nitrogen and oxygen atoms in total. The third-order valence-electron chi connectivity index (χ3n) is 9.29. The van der Waals surface area contributed by atoms with Crippen LogP contribution >= 0.6 is 0 Å². The smallest absolute Gasteiger partial charge is 0.255 e. The van der Waals surface area contributed by atoms with Crippen LogP contribution in [0.3, 0.4) is 0 Å². The van der Waals surface area contributed by atoms with Crippen molar-refractivity contribution in [3.63, 3.8) is 0 Å². The molecule has 4 heterocycles. The van der Waals surface area contributed by atoms with Gasteiger partial charge in [-0.25, -0.2) is 0 Å². The van der Waals surface area contributed by atoms with Crippen molar-refractivity contribution in [2.24, 2.45) is 11.8 Å². The lowest BCUT2D eigenvalue weighted by Gasteiger charge is -2.53. The van der Waals surface area contributed by atoms with E-state index in [1.165, 1.54) is 87.5 Å². The van der Waals surface area contributed by atoms with Crippen LogP contribution in [0, 0.1) is 11.8 Å². The van der Waals surface area contributed by atoms with Crippen molar-refractivity contribution in [3.05, 3.63) is 59.2 Å². The minimum absolute atomic E-state index is 0.0373. The van der Waals surface area contributed by atoms with Gasteiger partial charge in [-0.15, -0.1) is 0 Å². The summed E-state index contributed by atoms with van der Waals surface area (Å²) >= 11 is 0. The molecule has 2 bridgehead atoms. The number of nitrogens with zero attached hydrogens (tertiary/aromatic N) is 1. The molecule has 0 aromatic heterocycles. The number of hydrogen-bond donors (Lipinski definition) is 1. The van der Waals surface area contributed by atoms with Crippen LogP contribution in [0.15, 0.2) is 42.5 Å². The Labute approximate surface area is 204 Å². The van der Waals surface area contributed by atoms with Crippen LogP contribution in [-0.2, 0) is 6.42 Å². The van der Waals surface area contributed by atoms with E-state index in [2.05, 4.69) is 17.4 Å². The molecule has 180 valence electrons. The highest BCUT2D eigenvalue weighted by atomic mass is 16.5. The summed E-state index contributed by atoms with van der Waals surface area (Å²) in [6.45, 7) is 5.03. The molecule has 3 saturated heterocycles. The third kappa shape index (κ3) is 4.37. The van der Waals surface area contributed by atoms with Crippen LogP contribution in [0.4, 0.5) is 0 Å². The number of amides is 1. The number of carbonyl (C=O) groups excluding carboxylic acids is 1. The van der Waals surface area contributed by atoms with Crippen LogP contribution in [0.5, 0.6) is 11.5 Å². The zero-order valence-electron chi connectivity index (χ0n) is 20.4. The first-order valence-corrected chi connectivity index (χ1v) is 13.7. The maximum Gasteiger partial charge on any atom is 0.255 e. The minimum atomic E-state index is 0.0373. The molecule has 7 rings (SSSR count). The summed E-state index contributed by atoms with van der Waals surface area (Å²) < 4.78 is 7.47. The largest absolute Gasteiger partial charge is 0.456 e. The Morgan fingerprint density at radius 3 is 2.59 bits per heavy atom. The molecule has 1 atom stereocenters. The SMILES string of the molecule is O=C(N[C@@H]1C[N+]2(CCCC3CCCCC3)CCC1CC2)c1cccc2c1Oc1ccccc1C2. The Kier molecular flexibility index (Phi) is 6.11. The van der Waals surface area contributed by atoms with E-state index in [9.17, 15) is 4.79 Å². The number of carbonyl (C=O) groups is 1. The van der Waals surface area contributed by atoms with Gasteiger partial charge in [-0.2, -0.15) is 0 Å². The molecule has 4 fully saturated rings. The van der Waals surface area contributed by atoms with Crippen LogP contribution < -0.4 is 10.1 Å². The van der Waals surface area contributed by atoms with Gasteiger partial charge in [0.15, 0.2) is 0 Å². The monoisotopic (exact) mass is 459 g/mol. The van der Waals surface area contributed by atoms with E-state index < -0.39 is 0 Å². The van der Waals surface area contributed by atoms with Gasteiger partial charge in [0, 0.05) is 24.8 Å². The number of para-hydroxylation sites is 2. The number of nitrogens with one attached hydrogen (secondary N) is 1. The number of rotatable bonds is 6. The molecular weight excluding hydrogens is 420 g/mol. The summed E-state index contributed by atoms with van der Waals surface area (Å²) in [6.07, 6.45) is 13.3. The second kappa shape index (κ2) is 9.37. The quantitative estimate of drug-likeness (QED) is 0.454. The average Bonchev–Trinajstić information content (AvgIpc) is 2.88. The molecule has 1 N–H and O–H groups in total. The molecule has 0 radical (unpaired) electrons. The molecule has 34 heavy (non-hydrogen) atoms. The van der Waals surface area contributed by atoms with E-state index in [4.69, 9.17) is 4.74 Å². The second-order valence-corrected chi connectivity index (χ2v) is 11.4. The fourth-order valence-electron chi connectivity index (χ4n) is 7.29. The van der Waals surface area contributed by atoms with E-state index in [1.807, 2.05) is 30.3 Å². The number of quaternary nitrogens is 1. The Balaban J connectivity index is 1.11. The van der Waals surface area contributed by atoms with Gasteiger partial charge in [-0.1, -0.05) is 62.4 Å². The van der Waals surface area contributed by atoms with E-state index >= 15 is 0 Å². The summed E-state index contributed by atoms with van der Waals surface area (Å²) in [4.78, 5) is 13.5. The number of hydrogen-bond acceptors (Lipinski definition) is 2. The number of fused-ring (bicyclic) bond motifs is 5. The molecule has 5 aliphatic rings. The van der Waals surface area contributed by atoms with Crippen molar-refractivity contribution in [2.75, 3.05) is 26.2 Å². The highest BCUT2D eigenvalue weighted by Gasteiger charge is 2.46. The first kappa shape index (κ1) is 22.2. The molecule has 0 unspecified atom stereocenters. The van der Waals surface area contributed by atoms with Gasteiger partial charge < -0.3 is 14.5 Å². The van der Waals surface area contributed by atoms with Crippen LogP contribution in [-0.4, -0.2) is 42.6 Å². The lowest BCUT2D eigenvalue weighted by atomic mass is 9.80. The third-order valence-corrected chi connectivity index (χ3v) is 9.29. The fraction of sp³-hybridized carbons (Fsp3) is 0.567. The van der Waals surface area contributed by atoms with E-state index in [0.29, 0.717) is 11.5 Å². The minimum Gasteiger partial charge on any atom is -0.456 e. The number of piperidine rings is 3. The van der Waals surface area contributed by atoms with Crippen LogP contribution in [0.1, 0.15) is 79.3 Å². The first-order chi connectivity index (χ1) is 16.7. The molecule has 1 amide bonds. The molecule has 0 spiro atoms. The average molecular weight is 460 g/mol. The standard InChI is InChI=1S/C30H38N2O2/c33-30(26-13-6-12-25-20-24-11-4-5-14-28(24)34-29(25)26)31-27-21-32(18-15-23(27)16-19-32)17-7-10-22-8-2-1-3-9-22/h4-6,11-14,22-23,27H,1-3,7-10,15-21H2/p+1/t23?,27-,32?/m1/s1. The second-order valence-electron chi connectivity index (χ2n) is 11.4. The molecule has 4 aliphatic heterocycles.